The Bertz CT molecular complexity index is 641. The molecule has 6 heteroatoms. The molecule has 0 radical (unpaired) electrons. The van der Waals surface area contributed by atoms with Crippen LogP contribution in [0.3, 0.4) is 0 Å². The van der Waals surface area contributed by atoms with Gasteiger partial charge in [0.05, 0.1) is 17.8 Å². The predicted octanol–water partition coefficient (Wildman–Crippen LogP) is 0.514. The molecule has 0 unspecified atom stereocenters. The largest absolute Gasteiger partial charge is 0.362 e. The molecule has 1 saturated heterocycles. The third-order valence-corrected chi connectivity index (χ3v) is 4.12. The first-order chi connectivity index (χ1) is 9.99. The van der Waals surface area contributed by atoms with Gasteiger partial charge in [-0.3, -0.25) is 14.4 Å². The van der Waals surface area contributed by atoms with E-state index in [1.54, 1.807) is 25.1 Å². The van der Waals surface area contributed by atoms with E-state index < -0.39 is 11.7 Å². The number of carbonyl (C=O) groups is 3. The van der Waals surface area contributed by atoms with Crippen LogP contribution in [-0.4, -0.2) is 56.2 Å². The highest BCUT2D eigenvalue weighted by Crippen LogP contribution is 2.32. The zero-order valence-electron chi connectivity index (χ0n) is 12.1. The van der Waals surface area contributed by atoms with Gasteiger partial charge < -0.3 is 14.7 Å². The van der Waals surface area contributed by atoms with E-state index in [1.807, 2.05) is 17.0 Å². The van der Waals surface area contributed by atoms with Gasteiger partial charge in [0, 0.05) is 32.9 Å². The van der Waals surface area contributed by atoms with Crippen LogP contribution < -0.4 is 9.80 Å². The van der Waals surface area contributed by atoms with Crippen LogP contribution >= 0.6 is 0 Å². The lowest BCUT2D eigenvalue weighted by Gasteiger charge is -2.23. The van der Waals surface area contributed by atoms with Crippen LogP contribution in [0.15, 0.2) is 18.2 Å². The van der Waals surface area contributed by atoms with Crippen molar-refractivity contribution in [1.82, 2.24) is 4.90 Å². The van der Waals surface area contributed by atoms with Crippen LogP contribution in [0.5, 0.6) is 0 Å². The summed E-state index contributed by atoms with van der Waals surface area (Å²) in [7, 11) is 3.40. The standard InChI is InChI=1S/C15H17N3O3/c1-16-6-3-7-18(9-13(16)19)10-4-5-11-12(8-10)17(2)15(21)14(11)20/h4-5,8H,3,6-7,9H2,1-2H3. The van der Waals surface area contributed by atoms with E-state index in [1.165, 1.54) is 4.90 Å². The van der Waals surface area contributed by atoms with Crippen LogP contribution in [0.25, 0.3) is 0 Å². The Morgan fingerprint density at radius 3 is 2.57 bits per heavy atom. The van der Waals surface area contributed by atoms with Crippen molar-refractivity contribution < 1.29 is 14.4 Å². The second kappa shape index (κ2) is 4.87. The van der Waals surface area contributed by atoms with Crippen LogP contribution in [0.2, 0.25) is 0 Å². The number of ketones is 1. The molecule has 3 rings (SSSR count). The molecule has 0 spiro atoms. The van der Waals surface area contributed by atoms with Crippen molar-refractivity contribution in [1.29, 1.82) is 0 Å². The fourth-order valence-electron chi connectivity index (χ4n) is 2.77. The third-order valence-electron chi connectivity index (χ3n) is 4.12. The smallest absolute Gasteiger partial charge is 0.299 e. The highest BCUT2D eigenvalue weighted by molar-refractivity contribution is 6.52. The van der Waals surface area contributed by atoms with E-state index in [0.29, 0.717) is 17.8 Å². The summed E-state index contributed by atoms with van der Waals surface area (Å²) < 4.78 is 0. The molecule has 2 aliphatic heterocycles. The molecule has 0 atom stereocenters. The van der Waals surface area contributed by atoms with Gasteiger partial charge in [-0.2, -0.15) is 0 Å². The SMILES string of the molecule is CN1CCCN(c2ccc3c(c2)N(C)C(=O)C3=O)CC1=O. The summed E-state index contributed by atoms with van der Waals surface area (Å²) in [6.07, 6.45) is 0.896. The minimum Gasteiger partial charge on any atom is -0.362 e. The maximum atomic E-state index is 12.0. The van der Waals surface area contributed by atoms with Crippen molar-refractivity contribution in [2.24, 2.45) is 0 Å². The molecular formula is C15H17N3O3. The maximum Gasteiger partial charge on any atom is 0.299 e. The number of likely N-dealkylation sites (N-methyl/N-ethyl adjacent to an activating group) is 2. The zero-order chi connectivity index (χ0) is 15.1. The Morgan fingerprint density at radius 2 is 1.81 bits per heavy atom. The van der Waals surface area contributed by atoms with E-state index in [2.05, 4.69) is 0 Å². The van der Waals surface area contributed by atoms with Crippen LogP contribution in [0.1, 0.15) is 16.8 Å². The second-order valence-electron chi connectivity index (χ2n) is 5.49. The Balaban J connectivity index is 1.93. The van der Waals surface area contributed by atoms with Gasteiger partial charge in [-0.15, -0.1) is 0 Å². The molecule has 0 bridgehead atoms. The topological polar surface area (TPSA) is 60.9 Å². The summed E-state index contributed by atoms with van der Waals surface area (Å²) in [5.74, 6) is -0.895. The fraction of sp³-hybridized carbons (Fsp3) is 0.400. The van der Waals surface area contributed by atoms with E-state index >= 15 is 0 Å². The van der Waals surface area contributed by atoms with Gasteiger partial charge in [0.25, 0.3) is 11.7 Å². The summed E-state index contributed by atoms with van der Waals surface area (Å²) in [6.45, 7) is 1.85. The molecule has 2 amide bonds. The van der Waals surface area contributed by atoms with Gasteiger partial charge in [-0.25, -0.2) is 0 Å². The number of carbonyl (C=O) groups excluding carboxylic acids is 3. The van der Waals surface area contributed by atoms with Crippen molar-refractivity contribution in [3.05, 3.63) is 23.8 Å². The monoisotopic (exact) mass is 287 g/mol. The lowest BCUT2D eigenvalue weighted by Crippen LogP contribution is -2.34. The number of amides is 2. The van der Waals surface area contributed by atoms with Gasteiger partial charge in [0.1, 0.15) is 0 Å². The van der Waals surface area contributed by atoms with Crippen molar-refractivity contribution in [3.8, 4) is 0 Å². The minimum atomic E-state index is -0.506. The molecule has 1 fully saturated rings. The van der Waals surface area contributed by atoms with E-state index in [9.17, 15) is 14.4 Å². The highest BCUT2D eigenvalue weighted by Gasteiger charge is 2.33. The Morgan fingerprint density at radius 1 is 1.05 bits per heavy atom. The quantitative estimate of drug-likeness (QED) is 0.706. The first kappa shape index (κ1) is 13.6. The summed E-state index contributed by atoms with van der Waals surface area (Å²) in [5.41, 5.74) is 1.92. The molecular weight excluding hydrogens is 270 g/mol. The Kier molecular flexibility index (Phi) is 3.16. The summed E-state index contributed by atoms with van der Waals surface area (Å²) in [4.78, 5) is 40.5. The molecule has 6 nitrogen and oxygen atoms in total. The van der Waals surface area contributed by atoms with E-state index in [-0.39, 0.29) is 5.91 Å². The fourth-order valence-corrected chi connectivity index (χ4v) is 2.77. The van der Waals surface area contributed by atoms with Gasteiger partial charge in [-0.1, -0.05) is 0 Å². The molecule has 21 heavy (non-hydrogen) atoms. The molecule has 1 aromatic rings. The Labute approximate surface area is 122 Å². The van der Waals surface area contributed by atoms with Crippen molar-refractivity contribution in [3.63, 3.8) is 0 Å². The van der Waals surface area contributed by atoms with E-state index in [4.69, 9.17) is 0 Å². The number of rotatable bonds is 1. The first-order valence-electron chi connectivity index (χ1n) is 6.94. The number of benzene rings is 1. The molecule has 1 aromatic carbocycles. The highest BCUT2D eigenvalue weighted by atomic mass is 16.2. The van der Waals surface area contributed by atoms with Crippen molar-refractivity contribution >= 4 is 29.0 Å². The van der Waals surface area contributed by atoms with Crippen LogP contribution in [-0.2, 0) is 9.59 Å². The van der Waals surface area contributed by atoms with Gasteiger partial charge in [-0.05, 0) is 24.6 Å². The number of hydrogen-bond acceptors (Lipinski definition) is 4. The summed E-state index contributed by atoms with van der Waals surface area (Å²) in [6, 6.07) is 5.30. The molecule has 2 heterocycles. The second-order valence-corrected chi connectivity index (χ2v) is 5.49. The number of anilines is 2. The number of hydrogen-bond donors (Lipinski definition) is 0. The summed E-state index contributed by atoms with van der Waals surface area (Å²) in [5, 5.41) is 0. The van der Waals surface area contributed by atoms with Gasteiger partial charge >= 0.3 is 0 Å². The molecule has 0 aromatic heterocycles. The van der Waals surface area contributed by atoms with Crippen molar-refractivity contribution in [2.45, 2.75) is 6.42 Å². The van der Waals surface area contributed by atoms with Crippen LogP contribution in [0.4, 0.5) is 11.4 Å². The Hall–Kier alpha value is -2.37. The predicted molar refractivity (Wildman–Crippen MR) is 78.6 cm³/mol. The lowest BCUT2D eigenvalue weighted by molar-refractivity contribution is -0.127. The third kappa shape index (κ3) is 2.16. The average molecular weight is 287 g/mol. The van der Waals surface area contributed by atoms with E-state index in [0.717, 1.165) is 25.2 Å². The average Bonchev–Trinajstić information content (AvgIpc) is 2.62. The van der Waals surface area contributed by atoms with Crippen molar-refractivity contribution in [2.75, 3.05) is 43.5 Å². The summed E-state index contributed by atoms with van der Waals surface area (Å²) >= 11 is 0. The minimum absolute atomic E-state index is 0.0773. The molecule has 2 aliphatic rings. The van der Waals surface area contributed by atoms with Crippen LogP contribution in [0, 0.1) is 0 Å². The maximum absolute atomic E-state index is 12.0. The number of nitrogens with zero attached hydrogens (tertiary/aromatic N) is 3. The number of Topliss-reactive ketones (excluding diaryl/α,β-unsaturated/α-hetero) is 1. The molecule has 0 aliphatic carbocycles. The number of fused-ring (bicyclic) bond motifs is 1. The first-order valence-corrected chi connectivity index (χ1v) is 6.94. The molecule has 0 saturated carbocycles. The van der Waals surface area contributed by atoms with Gasteiger partial charge in [0.15, 0.2) is 0 Å². The normalized spacial score (nSPS) is 19.1. The zero-order valence-corrected chi connectivity index (χ0v) is 12.1. The molecule has 110 valence electrons. The van der Waals surface area contributed by atoms with Gasteiger partial charge in [0.2, 0.25) is 5.91 Å². The molecule has 0 N–H and O–H groups in total. The lowest BCUT2D eigenvalue weighted by atomic mass is 10.1.